The van der Waals surface area contributed by atoms with Crippen LogP contribution in [0, 0.1) is 5.92 Å². The second-order valence-corrected chi connectivity index (χ2v) is 9.78. The third kappa shape index (κ3) is 4.81. The second kappa shape index (κ2) is 10.4. The van der Waals surface area contributed by atoms with Gasteiger partial charge in [-0.25, -0.2) is 5.43 Å². The van der Waals surface area contributed by atoms with Crippen molar-refractivity contribution in [1.82, 2.24) is 30.8 Å². The van der Waals surface area contributed by atoms with Gasteiger partial charge in [-0.1, -0.05) is 18.9 Å². The quantitative estimate of drug-likeness (QED) is 0.499. The number of hydrogen-bond acceptors (Lipinski definition) is 8. The summed E-state index contributed by atoms with van der Waals surface area (Å²) in [5.41, 5.74) is 4.60. The number of aryl methyl sites for hydroxylation is 1. The van der Waals surface area contributed by atoms with Gasteiger partial charge in [-0.2, -0.15) is 0 Å². The molecular weight excluding hydrogens is 446 g/mol. The van der Waals surface area contributed by atoms with E-state index in [1.165, 1.54) is 25.7 Å². The molecule has 4 atom stereocenters. The van der Waals surface area contributed by atoms with E-state index in [1.54, 1.807) is 14.2 Å². The van der Waals surface area contributed by atoms with Crippen LogP contribution in [-0.4, -0.2) is 53.8 Å². The lowest BCUT2D eigenvalue weighted by atomic mass is 9.81. The standard InChI is InChI=1S/C25H37N7O3/c1-16-27-24-18-7-4-5-8-19(18)31-22(28-29-25(31)32(24)30-16)9-6-10-23(33)26-14-13-17-11-12-20(34-2)21(15-17)35-3/h11-12,15-16,18-19,24,27,30H,4-10,13-14H2,1-3H3,(H,26,33). The summed E-state index contributed by atoms with van der Waals surface area (Å²) in [7, 11) is 3.25. The monoisotopic (exact) mass is 483 g/mol. The predicted octanol–water partition coefficient (Wildman–Crippen LogP) is 2.31. The van der Waals surface area contributed by atoms with Gasteiger partial charge in [0.15, 0.2) is 11.5 Å². The van der Waals surface area contributed by atoms with Crippen LogP contribution in [0.3, 0.4) is 0 Å². The minimum Gasteiger partial charge on any atom is -0.493 e. The van der Waals surface area contributed by atoms with Crippen LogP contribution < -0.4 is 30.5 Å². The normalized spacial score (nSPS) is 24.9. The smallest absolute Gasteiger partial charge is 0.243 e. The van der Waals surface area contributed by atoms with Crippen molar-refractivity contribution < 1.29 is 14.3 Å². The molecule has 1 aromatic heterocycles. The third-order valence-electron chi connectivity index (χ3n) is 7.50. The Morgan fingerprint density at radius 2 is 1.97 bits per heavy atom. The number of aromatic nitrogens is 3. The summed E-state index contributed by atoms with van der Waals surface area (Å²) in [5, 5.41) is 18.0. The molecule has 3 aliphatic rings. The molecule has 4 unspecified atom stereocenters. The van der Waals surface area contributed by atoms with Crippen molar-refractivity contribution in [3.8, 4) is 11.5 Å². The highest BCUT2D eigenvalue weighted by Gasteiger charge is 2.47. The van der Waals surface area contributed by atoms with Crippen molar-refractivity contribution in [2.75, 3.05) is 25.8 Å². The molecule has 3 heterocycles. The van der Waals surface area contributed by atoms with E-state index in [0.29, 0.717) is 36.4 Å². The third-order valence-corrected chi connectivity index (χ3v) is 7.50. The first-order valence-electron chi connectivity index (χ1n) is 12.8. The number of ether oxygens (including phenoxy) is 2. The van der Waals surface area contributed by atoms with Gasteiger partial charge in [0.1, 0.15) is 12.0 Å². The Morgan fingerprint density at radius 1 is 1.14 bits per heavy atom. The van der Waals surface area contributed by atoms with Gasteiger partial charge in [0, 0.05) is 31.3 Å². The number of hydrazine groups is 1. The molecule has 2 aliphatic heterocycles. The minimum absolute atomic E-state index is 0.0682. The highest BCUT2D eigenvalue weighted by atomic mass is 16.5. The van der Waals surface area contributed by atoms with Gasteiger partial charge in [-0.3, -0.25) is 19.7 Å². The van der Waals surface area contributed by atoms with Crippen molar-refractivity contribution >= 4 is 11.9 Å². The molecule has 10 nitrogen and oxygen atoms in total. The number of hydrogen-bond donors (Lipinski definition) is 3. The molecule has 0 spiro atoms. The molecule has 190 valence electrons. The summed E-state index contributed by atoms with van der Waals surface area (Å²) in [6.07, 6.45) is 8.12. The summed E-state index contributed by atoms with van der Waals surface area (Å²) in [4.78, 5) is 12.5. The predicted molar refractivity (Wildman–Crippen MR) is 132 cm³/mol. The molecule has 3 N–H and O–H groups in total. The van der Waals surface area contributed by atoms with E-state index in [9.17, 15) is 4.79 Å². The van der Waals surface area contributed by atoms with E-state index in [1.807, 2.05) is 18.2 Å². The zero-order valence-electron chi connectivity index (χ0n) is 20.9. The van der Waals surface area contributed by atoms with E-state index in [-0.39, 0.29) is 18.2 Å². The van der Waals surface area contributed by atoms with Crippen molar-refractivity contribution in [3.05, 3.63) is 29.6 Å². The highest BCUT2D eigenvalue weighted by Crippen LogP contribution is 2.44. The van der Waals surface area contributed by atoms with E-state index in [4.69, 9.17) is 9.47 Å². The van der Waals surface area contributed by atoms with Crippen LogP contribution in [0.4, 0.5) is 5.95 Å². The van der Waals surface area contributed by atoms with E-state index in [0.717, 1.165) is 36.6 Å². The number of methoxy groups -OCH3 is 2. The van der Waals surface area contributed by atoms with Gasteiger partial charge < -0.3 is 14.8 Å². The number of anilines is 1. The van der Waals surface area contributed by atoms with Crippen molar-refractivity contribution in [1.29, 1.82) is 0 Å². The fraction of sp³-hybridized carbons (Fsp3) is 0.640. The molecule has 1 aliphatic carbocycles. The second-order valence-electron chi connectivity index (χ2n) is 9.78. The molecule has 1 saturated carbocycles. The van der Waals surface area contributed by atoms with Gasteiger partial charge in [0.25, 0.3) is 0 Å². The fourth-order valence-electron chi connectivity index (χ4n) is 5.85. The Morgan fingerprint density at radius 3 is 2.80 bits per heavy atom. The summed E-state index contributed by atoms with van der Waals surface area (Å²) < 4.78 is 13.0. The number of carbonyl (C=O) groups is 1. The number of carbonyl (C=O) groups excluding carboxylic acids is 1. The topological polar surface area (TPSA) is 106 Å². The maximum absolute atomic E-state index is 12.5. The fourth-order valence-corrected chi connectivity index (χ4v) is 5.85. The van der Waals surface area contributed by atoms with E-state index < -0.39 is 0 Å². The Balaban J connectivity index is 1.14. The molecule has 10 heteroatoms. The Hall–Kier alpha value is -2.85. The SMILES string of the molecule is COc1ccc(CCNC(=O)CCCc2nnc3n2C2CCCCC2C2NC(C)NN32)cc1OC. The average Bonchev–Trinajstić information content (AvgIpc) is 3.47. The van der Waals surface area contributed by atoms with Gasteiger partial charge >= 0.3 is 0 Å². The molecule has 35 heavy (non-hydrogen) atoms. The van der Waals surface area contributed by atoms with Crippen molar-refractivity contribution in [3.63, 3.8) is 0 Å². The lowest BCUT2D eigenvalue weighted by molar-refractivity contribution is -0.121. The number of benzene rings is 1. The van der Waals surface area contributed by atoms with E-state index in [2.05, 4.69) is 42.8 Å². The van der Waals surface area contributed by atoms with Crippen molar-refractivity contribution in [2.24, 2.45) is 5.92 Å². The van der Waals surface area contributed by atoms with Gasteiger partial charge in [-0.15, -0.1) is 10.2 Å². The molecule has 2 fully saturated rings. The van der Waals surface area contributed by atoms with Crippen LogP contribution in [0.25, 0.3) is 0 Å². The van der Waals surface area contributed by atoms with Gasteiger partial charge in [-0.05, 0) is 50.3 Å². The van der Waals surface area contributed by atoms with Crippen LogP contribution in [0.15, 0.2) is 18.2 Å². The van der Waals surface area contributed by atoms with Crippen LogP contribution in [-0.2, 0) is 17.6 Å². The maximum atomic E-state index is 12.5. The first-order chi connectivity index (χ1) is 17.1. The summed E-state index contributed by atoms with van der Waals surface area (Å²) in [6.45, 7) is 2.73. The molecule has 1 aromatic carbocycles. The maximum Gasteiger partial charge on any atom is 0.243 e. The molecule has 1 saturated heterocycles. The number of amides is 1. The lowest BCUT2D eigenvalue weighted by Crippen LogP contribution is -2.53. The lowest BCUT2D eigenvalue weighted by Gasteiger charge is -2.44. The van der Waals surface area contributed by atoms with Crippen LogP contribution in [0.2, 0.25) is 0 Å². The summed E-state index contributed by atoms with van der Waals surface area (Å²) in [6, 6.07) is 6.27. The Labute approximate surface area is 206 Å². The number of fused-ring (bicyclic) bond motifs is 6. The summed E-state index contributed by atoms with van der Waals surface area (Å²) >= 11 is 0. The van der Waals surface area contributed by atoms with Crippen LogP contribution in [0.5, 0.6) is 11.5 Å². The first kappa shape index (κ1) is 23.9. The largest absolute Gasteiger partial charge is 0.493 e. The highest BCUT2D eigenvalue weighted by molar-refractivity contribution is 5.75. The molecular formula is C25H37N7O3. The van der Waals surface area contributed by atoms with Crippen LogP contribution in [0.1, 0.15) is 62.9 Å². The van der Waals surface area contributed by atoms with Crippen LogP contribution >= 0.6 is 0 Å². The first-order valence-corrected chi connectivity index (χ1v) is 12.8. The average molecular weight is 484 g/mol. The molecule has 5 rings (SSSR count). The molecule has 0 bridgehead atoms. The number of nitrogens with zero attached hydrogens (tertiary/aromatic N) is 4. The number of nitrogens with one attached hydrogen (secondary N) is 3. The Kier molecular flexibility index (Phi) is 7.10. The van der Waals surface area contributed by atoms with E-state index >= 15 is 0 Å². The minimum atomic E-state index is 0.0682. The van der Waals surface area contributed by atoms with Crippen molar-refractivity contribution in [2.45, 2.75) is 76.7 Å². The van der Waals surface area contributed by atoms with Gasteiger partial charge in [0.05, 0.1) is 20.4 Å². The molecule has 1 amide bonds. The molecule has 2 aromatic rings. The van der Waals surface area contributed by atoms with Gasteiger partial charge in [0.2, 0.25) is 11.9 Å². The molecule has 0 radical (unpaired) electrons. The Bertz CT molecular complexity index is 1040. The zero-order valence-corrected chi connectivity index (χ0v) is 20.9. The summed E-state index contributed by atoms with van der Waals surface area (Å²) in [5.74, 6) is 3.92. The number of rotatable bonds is 9. The zero-order chi connectivity index (χ0) is 24.4.